The molecule has 0 aromatic heterocycles. The van der Waals surface area contributed by atoms with Gasteiger partial charge in [0.1, 0.15) is 0 Å². The normalized spacial score (nSPS) is 55.5. The van der Waals surface area contributed by atoms with E-state index in [-0.39, 0.29) is 0 Å². The zero-order valence-corrected chi connectivity index (χ0v) is 13.4. The highest BCUT2D eigenvalue weighted by Gasteiger charge is 2.56. The van der Waals surface area contributed by atoms with Crippen LogP contribution in [0.1, 0.15) is 65.2 Å². The van der Waals surface area contributed by atoms with Crippen molar-refractivity contribution in [2.45, 2.75) is 76.8 Å². The van der Waals surface area contributed by atoms with Gasteiger partial charge in [-0.1, -0.05) is 6.92 Å². The van der Waals surface area contributed by atoms with E-state index in [1.54, 1.807) is 0 Å². The van der Waals surface area contributed by atoms with Crippen molar-refractivity contribution in [3.05, 3.63) is 0 Å². The molecule has 0 radical (unpaired) electrons. The largest absolute Gasteiger partial charge is 0.313 e. The van der Waals surface area contributed by atoms with Crippen LogP contribution in [0.2, 0.25) is 0 Å². The molecule has 2 heterocycles. The zero-order valence-electron chi connectivity index (χ0n) is 13.4. The molecule has 0 bridgehead atoms. The van der Waals surface area contributed by atoms with Gasteiger partial charge in [-0.05, 0) is 94.5 Å². The van der Waals surface area contributed by atoms with Crippen molar-refractivity contribution in [1.29, 1.82) is 0 Å². The van der Waals surface area contributed by atoms with Gasteiger partial charge in [0, 0.05) is 11.6 Å². The van der Waals surface area contributed by atoms with Crippen LogP contribution in [0.4, 0.5) is 0 Å². The molecule has 0 spiro atoms. The first-order valence-corrected chi connectivity index (χ1v) is 9.12. The summed E-state index contributed by atoms with van der Waals surface area (Å²) in [7, 11) is 0. The molecule has 6 atom stereocenters. The quantitative estimate of drug-likeness (QED) is 0.709. The van der Waals surface area contributed by atoms with Crippen molar-refractivity contribution in [1.82, 2.24) is 10.6 Å². The SMILES string of the molecule is CC12CCC3C(CCC4NCCCC43C)C1CCCN2. The molecule has 2 aliphatic carbocycles. The predicted octanol–water partition coefficient (Wildman–Crippen LogP) is 3.32. The molecule has 2 nitrogen and oxygen atoms in total. The van der Waals surface area contributed by atoms with Crippen LogP contribution in [0.25, 0.3) is 0 Å². The summed E-state index contributed by atoms with van der Waals surface area (Å²) in [4.78, 5) is 0. The molecule has 4 rings (SSSR count). The Balaban J connectivity index is 1.63. The monoisotopic (exact) mass is 276 g/mol. The molecule has 20 heavy (non-hydrogen) atoms. The summed E-state index contributed by atoms with van der Waals surface area (Å²) in [5.41, 5.74) is 1.06. The second-order valence-electron chi connectivity index (χ2n) is 8.60. The van der Waals surface area contributed by atoms with Gasteiger partial charge in [0.2, 0.25) is 0 Å². The third-order valence-electron chi connectivity index (χ3n) is 7.76. The van der Waals surface area contributed by atoms with E-state index in [0.717, 1.165) is 23.8 Å². The summed E-state index contributed by atoms with van der Waals surface area (Å²) in [6.07, 6.45) is 11.6. The van der Waals surface area contributed by atoms with Gasteiger partial charge in [0.15, 0.2) is 0 Å². The highest BCUT2D eigenvalue weighted by Crippen LogP contribution is 2.58. The van der Waals surface area contributed by atoms with Gasteiger partial charge in [-0.15, -0.1) is 0 Å². The van der Waals surface area contributed by atoms with Gasteiger partial charge >= 0.3 is 0 Å². The van der Waals surface area contributed by atoms with Crippen LogP contribution in [-0.2, 0) is 0 Å². The number of hydrogen-bond acceptors (Lipinski definition) is 2. The minimum Gasteiger partial charge on any atom is -0.313 e. The molecule has 4 aliphatic rings. The Labute approximate surface area is 124 Å². The molecule has 6 unspecified atom stereocenters. The van der Waals surface area contributed by atoms with Crippen LogP contribution >= 0.6 is 0 Å². The van der Waals surface area contributed by atoms with Crippen molar-refractivity contribution < 1.29 is 0 Å². The van der Waals surface area contributed by atoms with Crippen LogP contribution in [0.5, 0.6) is 0 Å². The molecule has 0 aromatic rings. The molecule has 2 saturated heterocycles. The lowest BCUT2D eigenvalue weighted by molar-refractivity contribution is -0.0883. The molecule has 0 aromatic carbocycles. The Morgan fingerprint density at radius 1 is 0.850 bits per heavy atom. The van der Waals surface area contributed by atoms with Crippen LogP contribution in [0.3, 0.4) is 0 Å². The van der Waals surface area contributed by atoms with Crippen molar-refractivity contribution >= 4 is 0 Å². The van der Waals surface area contributed by atoms with Gasteiger partial charge < -0.3 is 10.6 Å². The number of piperidine rings is 2. The number of rotatable bonds is 0. The second kappa shape index (κ2) is 4.71. The Bertz CT molecular complexity index is 382. The van der Waals surface area contributed by atoms with Gasteiger partial charge in [0.05, 0.1) is 0 Å². The molecular weight excluding hydrogens is 244 g/mol. The number of fused-ring (bicyclic) bond motifs is 5. The first-order chi connectivity index (χ1) is 9.63. The topological polar surface area (TPSA) is 24.1 Å². The summed E-state index contributed by atoms with van der Waals surface area (Å²) >= 11 is 0. The number of nitrogens with one attached hydrogen (secondary N) is 2. The average molecular weight is 276 g/mol. The molecular formula is C18H32N2. The fourth-order valence-electron chi connectivity index (χ4n) is 6.66. The Hall–Kier alpha value is -0.0800. The van der Waals surface area contributed by atoms with Crippen molar-refractivity contribution in [2.24, 2.45) is 23.2 Å². The standard InChI is InChI=1S/C18H32N2/c1-17-9-4-11-19-16(17)7-6-13-14(17)8-10-18(2)15(13)5-3-12-20-18/h13-16,19-20H,3-12H2,1-2H3. The summed E-state index contributed by atoms with van der Waals surface area (Å²) < 4.78 is 0. The van der Waals surface area contributed by atoms with E-state index in [1.807, 2.05) is 0 Å². The van der Waals surface area contributed by atoms with Crippen LogP contribution in [0, 0.1) is 23.2 Å². The fourth-order valence-corrected chi connectivity index (χ4v) is 6.66. The summed E-state index contributed by atoms with van der Waals surface area (Å²) in [5, 5.41) is 7.76. The zero-order chi connectivity index (χ0) is 13.8. The molecule has 2 heteroatoms. The third-order valence-corrected chi connectivity index (χ3v) is 7.76. The van der Waals surface area contributed by atoms with Gasteiger partial charge in [-0.25, -0.2) is 0 Å². The third kappa shape index (κ3) is 1.83. The lowest BCUT2D eigenvalue weighted by atomic mass is 9.48. The Kier molecular flexibility index (Phi) is 3.20. The maximum atomic E-state index is 3.90. The average Bonchev–Trinajstić information content (AvgIpc) is 2.45. The second-order valence-corrected chi connectivity index (χ2v) is 8.60. The van der Waals surface area contributed by atoms with E-state index in [4.69, 9.17) is 0 Å². The fraction of sp³-hybridized carbons (Fsp3) is 1.00. The minimum atomic E-state index is 0.463. The molecule has 2 N–H and O–H groups in total. The molecule has 2 aliphatic heterocycles. The lowest BCUT2D eigenvalue weighted by Gasteiger charge is -2.62. The first-order valence-electron chi connectivity index (χ1n) is 9.12. The maximum Gasteiger partial charge on any atom is 0.0184 e. The first kappa shape index (κ1) is 13.6. The summed E-state index contributed by atoms with van der Waals surface area (Å²) in [6, 6.07) is 0.818. The molecule has 114 valence electrons. The van der Waals surface area contributed by atoms with E-state index < -0.39 is 0 Å². The van der Waals surface area contributed by atoms with E-state index in [2.05, 4.69) is 24.5 Å². The lowest BCUT2D eigenvalue weighted by Crippen LogP contribution is -2.64. The van der Waals surface area contributed by atoms with Crippen molar-refractivity contribution in [2.75, 3.05) is 13.1 Å². The molecule has 4 fully saturated rings. The van der Waals surface area contributed by atoms with E-state index in [0.29, 0.717) is 11.0 Å². The molecule has 0 amide bonds. The molecule has 2 saturated carbocycles. The smallest absolute Gasteiger partial charge is 0.0184 e. The highest BCUT2D eigenvalue weighted by atomic mass is 15.0. The van der Waals surface area contributed by atoms with Crippen LogP contribution in [-0.4, -0.2) is 24.7 Å². The summed E-state index contributed by atoms with van der Waals surface area (Å²) in [5.74, 6) is 2.95. The van der Waals surface area contributed by atoms with E-state index in [9.17, 15) is 0 Å². The Morgan fingerprint density at radius 2 is 1.75 bits per heavy atom. The van der Waals surface area contributed by atoms with Gasteiger partial charge in [-0.3, -0.25) is 0 Å². The van der Waals surface area contributed by atoms with E-state index in [1.165, 1.54) is 64.5 Å². The predicted molar refractivity (Wildman–Crippen MR) is 83.7 cm³/mol. The Morgan fingerprint density at radius 3 is 2.65 bits per heavy atom. The van der Waals surface area contributed by atoms with Crippen molar-refractivity contribution in [3.8, 4) is 0 Å². The van der Waals surface area contributed by atoms with Crippen LogP contribution < -0.4 is 10.6 Å². The van der Waals surface area contributed by atoms with Crippen molar-refractivity contribution in [3.63, 3.8) is 0 Å². The van der Waals surface area contributed by atoms with Crippen LogP contribution in [0.15, 0.2) is 0 Å². The minimum absolute atomic E-state index is 0.463. The number of hydrogen-bond donors (Lipinski definition) is 2. The van der Waals surface area contributed by atoms with Gasteiger partial charge in [0.25, 0.3) is 0 Å². The van der Waals surface area contributed by atoms with E-state index >= 15 is 0 Å². The summed E-state index contributed by atoms with van der Waals surface area (Å²) in [6.45, 7) is 7.67. The van der Waals surface area contributed by atoms with Gasteiger partial charge in [-0.2, -0.15) is 0 Å². The maximum absolute atomic E-state index is 3.90. The highest BCUT2D eigenvalue weighted by molar-refractivity contribution is 5.10.